The van der Waals surface area contributed by atoms with Crippen molar-refractivity contribution in [1.29, 1.82) is 0 Å². The first-order valence-corrected chi connectivity index (χ1v) is 7.64. The summed E-state index contributed by atoms with van der Waals surface area (Å²) in [6, 6.07) is 0. The van der Waals surface area contributed by atoms with Gasteiger partial charge in [-0.3, -0.25) is 9.59 Å². The Hall–Kier alpha value is -1.16. The molecule has 3 nitrogen and oxygen atoms in total. The van der Waals surface area contributed by atoms with E-state index in [9.17, 15) is 9.59 Å². The highest BCUT2D eigenvalue weighted by atomic mass is 28.3. The Kier molecular flexibility index (Phi) is 3.53. The summed E-state index contributed by atoms with van der Waals surface area (Å²) in [5.41, 5.74) is 0.121. The third kappa shape index (κ3) is 2.69. The van der Waals surface area contributed by atoms with Gasteiger partial charge in [0.2, 0.25) is 5.78 Å². The Labute approximate surface area is 97.9 Å². The Morgan fingerprint density at radius 2 is 1.56 bits per heavy atom. The average molecular weight is 237 g/mol. The van der Waals surface area contributed by atoms with Crippen molar-refractivity contribution >= 4 is 20.6 Å². The Bertz CT molecular complexity index is 384. The fraction of sp³-hybridized carbons (Fsp3) is 0.500. The molecule has 0 saturated heterocycles. The van der Waals surface area contributed by atoms with Crippen LogP contribution >= 0.6 is 0 Å². The number of carbonyl (C=O) groups excluding carboxylic acids is 2. The standard InChI is InChI=1S/C12H17O3Si/c1-12(2,3)10-8(13)6-7-9(14)11(10)15-16(4)5/h6-7H,1-5H3. The van der Waals surface area contributed by atoms with Crippen LogP contribution in [0.25, 0.3) is 0 Å². The molecule has 1 aliphatic carbocycles. The zero-order valence-electron chi connectivity index (χ0n) is 10.4. The second-order valence-electron chi connectivity index (χ2n) is 5.03. The van der Waals surface area contributed by atoms with Crippen molar-refractivity contribution in [2.24, 2.45) is 5.41 Å². The number of carbonyl (C=O) groups is 2. The summed E-state index contributed by atoms with van der Waals surface area (Å²) in [7, 11) is -1.05. The minimum absolute atomic E-state index is 0.120. The lowest BCUT2D eigenvalue weighted by Crippen LogP contribution is -2.27. The van der Waals surface area contributed by atoms with E-state index in [-0.39, 0.29) is 22.7 Å². The Morgan fingerprint density at radius 3 is 2.00 bits per heavy atom. The maximum atomic E-state index is 11.8. The fourth-order valence-electron chi connectivity index (χ4n) is 1.56. The predicted molar refractivity (Wildman–Crippen MR) is 64.2 cm³/mol. The van der Waals surface area contributed by atoms with Gasteiger partial charge in [0.1, 0.15) is 0 Å². The van der Waals surface area contributed by atoms with Crippen LogP contribution in [-0.4, -0.2) is 20.6 Å². The van der Waals surface area contributed by atoms with Crippen LogP contribution in [0, 0.1) is 5.41 Å². The number of hydrogen-bond donors (Lipinski definition) is 0. The summed E-state index contributed by atoms with van der Waals surface area (Å²) in [5.74, 6) is -0.0695. The molecular weight excluding hydrogens is 220 g/mol. The molecule has 4 heteroatoms. The molecule has 1 radical (unpaired) electrons. The van der Waals surface area contributed by atoms with Gasteiger partial charge in [-0.1, -0.05) is 20.8 Å². The molecule has 1 rings (SSSR count). The molecule has 0 fully saturated rings. The summed E-state index contributed by atoms with van der Waals surface area (Å²) in [6.45, 7) is 9.61. The lowest BCUT2D eigenvalue weighted by molar-refractivity contribution is -0.117. The van der Waals surface area contributed by atoms with E-state index in [2.05, 4.69) is 0 Å². The van der Waals surface area contributed by atoms with Crippen molar-refractivity contribution in [3.05, 3.63) is 23.5 Å². The van der Waals surface area contributed by atoms with Gasteiger partial charge < -0.3 is 4.43 Å². The maximum Gasteiger partial charge on any atom is 0.274 e. The summed E-state index contributed by atoms with van der Waals surface area (Å²) in [6.07, 6.45) is 2.62. The van der Waals surface area contributed by atoms with Gasteiger partial charge in [-0.15, -0.1) is 0 Å². The van der Waals surface area contributed by atoms with Gasteiger partial charge in [0.25, 0.3) is 9.04 Å². The van der Waals surface area contributed by atoms with Crippen LogP contribution in [0.5, 0.6) is 0 Å². The first kappa shape index (κ1) is 12.9. The van der Waals surface area contributed by atoms with Crippen LogP contribution in [0.3, 0.4) is 0 Å². The van der Waals surface area contributed by atoms with Crippen molar-refractivity contribution in [1.82, 2.24) is 0 Å². The third-order valence-corrected chi connectivity index (χ3v) is 2.75. The summed E-state index contributed by atoms with van der Waals surface area (Å²) in [4.78, 5) is 23.5. The van der Waals surface area contributed by atoms with Gasteiger partial charge in [0, 0.05) is 5.57 Å². The van der Waals surface area contributed by atoms with Gasteiger partial charge in [0.05, 0.1) is 0 Å². The topological polar surface area (TPSA) is 43.4 Å². The molecule has 0 N–H and O–H groups in total. The minimum Gasteiger partial charge on any atom is -0.540 e. The lowest BCUT2D eigenvalue weighted by atomic mass is 9.80. The molecule has 87 valence electrons. The zero-order chi connectivity index (χ0) is 12.5. The largest absolute Gasteiger partial charge is 0.540 e. The van der Waals surface area contributed by atoms with E-state index < -0.39 is 9.04 Å². The van der Waals surface area contributed by atoms with Crippen molar-refractivity contribution in [2.45, 2.75) is 33.9 Å². The molecule has 0 unspecified atom stereocenters. The smallest absolute Gasteiger partial charge is 0.274 e. The lowest BCUT2D eigenvalue weighted by Gasteiger charge is -2.26. The van der Waals surface area contributed by atoms with E-state index in [1.807, 2.05) is 33.9 Å². The SMILES string of the molecule is C[Si](C)OC1=C(C(C)(C)C)C(=O)C=CC1=O. The molecule has 0 aromatic rings. The van der Waals surface area contributed by atoms with Crippen LogP contribution in [0.1, 0.15) is 20.8 Å². The number of ketones is 2. The van der Waals surface area contributed by atoms with Crippen molar-refractivity contribution < 1.29 is 14.0 Å². The van der Waals surface area contributed by atoms with Crippen LogP contribution in [0.15, 0.2) is 23.5 Å². The predicted octanol–water partition coefficient (Wildman–Crippen LogP) is 2.26. The molecule has 0 aromatic carbocycles. The van der Waals surface area contributed by atoms with E-state index in [0.29, 0.717) is 5.57 Å². The van der Waals surface area contributed by atoms with E-state index in [4.69, 9.17) is 4.43 Å². The normalized spacial score (nSPS) is 17.4. The highest BCUT2D eigenvalue weighted by molar-refractivity contribution is 6.49. The maximum absolute atomic E-state index is 11.8. The number of rotatable bonds is 2. The highest BCUT2D eigenvalue weighted by Gasteiger charge is 2.33. The van der Waals surface area contributed by atoms with Crippen LogP contribution < -0.4 is 0 Å². The van der Waals surface area contributed by atoms with Crippen molar-refractivity contribution in [3.63, 3.8) is 0 Å². The molecule has 0 aromatic heterocycles. The summed E-state index contributed by atoms with van der Waals surface area (Å²) in [5, 5.41) is 0. The summed E-state index contributed by atoms with van der Waals surface area (Å²) < 4.78 is 5.57. The second-order valence-corrected chi connectivity index (χ2v) is 7.05. The first-order chi connectivity index (χ1) is 7.23. The Balaban J connectivity index is 3.26. The zero-order valence-corrected chi connectivity index (χ0v) is 11.4. The fourth-order valence-corrected chi connectivity index (χ4v) is 2.17. The van der Waals surface area contributed by atoms with E-state index in [1.54, 1.807) is 0 Å². The molecule has 0 saturated carbocycles. The first-order valence-electron chi connectivity index (χ1n) is 5.23. The third-order valence-electron chi connectivity index (χ3n) is 2.14. The minimum atomic E-state index is -1.05. The van der Waals surface area contributed by atoms with E-state index in [0.717, 1.165) is 0 Å². The molecular formula is C12H17O3Si. The number of hydrogen-bond acceptors (Lipinski definition) is 3. The molecule has 1 aliphatic rings. The summed E-state index contributed by atoms with van der Waals surface area (Å²) >= 11 is 0. The molecule has 0 atom stereocenters. The molecule has 0 amide bonds. The highest BCUT2D eigenvalue weighted by Crippen LogP contribution is 2.32. The average Bonchev–Trinajstić information content (AvgIpc) is 2.08. The molecule has 0 aliphatic heterocycles. The second kappa shape index (κ2) is 4.37. The van der Waals surface area contributed by atoms with Crippen LogP contribution in [0.4, 0.5) is 0 Å². The van der Waals surface area contributed by atoms with Gasteiger partial charge in [-0.05, 0) is 30.7 Å². The number of allylic oxidation sites excluding steroid dienone is 3. The molecule has 0 bridgehead atoms. The van der Waals surface area contributed by atoms with Crippen LogP contribution in [-0.2, 0) is 14.0 Å². The van der Waals surface area contributed by atoms with E-state index in [1.165, 1.54) is 12.2 Å². The van der Waals surface area contributed by atoms with Crippen molar-refractivity contribution in [3.8, 4) is 0 Å². The molecule has 0 heterocycles. The van der Waals surface area contributed by atoms with Gasteiger partial charge in [0.15, 0.2) is 11.5 Å². The van der Waals surface area contributed by atoms with Gasteiger partial charge >= 0.3 is 0 Å². The van der Waals surface area contributed by atoms with Crippen LogP contribution in [0.2, 0.25) is 13.1 Å². The molecule has 0 spiro atoms. The Morgan fingerprint density at radius 1 is 1.06 bits per heavy atom. The van der Waals surface area contributed by atoms with Gasteiger partial charge in [-0.2, -0.15) is 0 Å². The van der Waals surface area contributed by atoms with E-state index >= 15 is 0 Å². The quantitative estimate of drug-likeness (QED) is 0.546. The van der Waals surface area contributed by atoms with Gasteiger partial charge in [-0.25, -0.2) is 0 Å². The van der Waals surface area contributed by atoms with Crippen molar-refractivity contribution in [2.75, 3.05) is 0 Å². The monoisotopic (exact) mass is 237 g/mol. The molecule has 16 heavy (non-hydrogen) atoms.